The molecule has 1 radical (unpaired) electrons. The summed E-state index contributed by atoms with van der Waals surface area (Å²) < 4.78 is 21.2. The summed E-state index contributed by atoms with van der Waals surface area (Å²) in [4.78, 5) is 7.13. The summed E-state index contributed by atoms with van der Waals surface area (Å²) in [5, 5.41) is 14.1. The number of hydrogen-bond donors (Lipinski definition) is 2. The van der Waals surface area contributed by atoms with Crippen LogP contribution in [0.4, 0.5) is 10.3 Å². The number of rotatable bonds is 9. The molecule has 6 nitrogen and oxygen atoms in total. The monoisotopic (exact) mass is 473 g/mol. The average Bonchev–Trinajstić information content (AvgIpc) is 3.22. The number of β-amino-alcohol motifs (C(OH)–C–C–N with tert-alkyl or cyclic N) is 1. The van der Waals surface area contributed by atoms with Crippen molar-refractivity contribution in [3.8, 4) is 5.75 Å². The number of aromatic nitrogens is 2. The first-order chi connectivity index (χ1) is 17.1. The summed E-state index contributed by atoms with van der Waals surface area (Å²) in [6, 6.07) is 25.2. The Kier molecular flexibility index (Phi) is 7.25. The summed E-state index contributed by atoms with van der Waals surface area (Å²) in [5.41, 5.74) is 3.02. The minimum Gasteiger partial charge on any atom is -0.491 e. The highest BCUT2D eigenvalue weighted by molar-refractivity contribution is 5.78. The van der Waals surface area contributed by atoms with E-state index < -0.39 is 6.10 Å². The second-order valence-corrected chi connectivity index (χ2v) is 9.06. The first-order valence-corrected chi connectivity index (χ1v) is 12.1. The molecular weight excluding hydrogens is 443 g/mol. The molecule has 0 saturated carbocycles. The molecule has 35 heavy (non-hydrogen) atoms. The Morgan fingerprint density at radius 1 is 1.06 bits per heavy atom. The van der Waals surface area contributed by atoms with E-state index in [1.54, 1.807) is 12.1 Å². The number of ether oxygens (including phenoxy) is 1. The normalized spacial score (nSPS) is 15.8. The van der Waals surface area contributed by atoms with Gasteiger partial charge in [0.25, 0.3) is 0 Å². The molecule has 1 aliphatic heterocycles. The summed E-state index contributed by atoms with van der Waals surface area (Å²) >= 11 is 0. The van der Waals surface area contributed by atoms with Gasteiger partial charge in [-0.3, -0.25) is 0 Å². The van der Waals surface area contributed by atoms with E-state index in [0.29, 0.717) is 19.1 Å². The summed E-state index contributed by atoms with van der Waals surface area (Å²) in [6.07, 6.45) is 1.38. The number of imidazole rings is 1. The Balaban J connectivity index is 1.18. The molecule has 0 bridgehead atoms. The van der Waals surface area contributed by atoms with Crippen molar-refractivity contribution in [2.75, 3.05) is 31.6 Å². The van der Waals surface area contributed by atoms with Crippen LogP contribution in [0.3, 0.4) is 0 Å². The van der Waals surface area contributed by atoms with Gasteiger partial charge in [-0.15, -0.1) is 0 Å². The predicted molar refractivity (Wildman–Crippen MR) is 135 cm³/mol. The van der Waals surface area contributed by atoms with Crippen LogP contribution in [0, 0.1) is 11.9 Å². The lowest BCUT2D eigenvalue weighted by atomic mass is 10.0. The largest absolute Gasteiger partial charge is 0.491 e. The first kappa shape index (κ1) is 23.3. The molecule has 1 aromatic heterocycles. The van der Waals surface area contributed by atoms with Crippen molar-refractivity contribution in [1.82, 2.24) is 14.5 Å². The molecule has 0 amide bonds. The fraction of sp³-hybridized carbons (Fsp3) is 0.321. The number of piperidine rings is 1. The number of hydrogen-bond acceptors (Lipinski definition) is 5. The number of benzene rings is 3. The van der Waals surface area contributed by atoms with Gasteiger partial charge in [-0.25, -0.2) is 9.37 Å². The Morgan fingerprint density at radius 3 is 2.57 bits per heavy atom. The lowest BCUT2D eigenvalue weighted by Crippen LogP contribution is -2.43. The van der Waals surface area contributed by atoms with Crippen LogP contribution in [0.5, 0.6) is 5.75 Å². The fourth-order valence-corrected chi connectivity index (χ4v) is 4.57. The molecular formula is C28H30FN4O2. The van der Waals surface area contributed by atoms with E-state index in [2.05, 4.69) is 26.9 Å². The van der Waals surface area contributed by atoms with Gasteiger partial charge in [-0.1, -0.05) is 36.4 Å². The van der Waals surface area contributed by atoms with Gasteiger partial charge < -0.3 is 24.6 Å². The van der Waals surface area contributed by atoms with Crippen LogP contribution in [0.15, 0.2) is 72.8 Å². The molecule has 4 aromatic rings. The van der Waals surface area contributed by atoms with Gasteiger partial charge in [-0.05, 0) is 60.9 Å². The Hall–Kier alpha value is -3.42. The third-order valence-electron chi connectivity index (χ3n) is 6.43. The number of anilines is 1. The zero-order valence-corrected chi connectivity index (χ0v) is 19.6. The highest BCUT2D eigenvalue weighted by Gasteiger charge is 2.23. The number of nitrogens with zero attached hydrogens (tertiary/aromatic N) is 3. The molecule has 2 heterocycles. The Labute approximate surface area is 205 Å². The second kappa shape index (κ2) is 10.9. The SMILES string of the molecule is OC(COc1cc[c]cc1)CN1CCC(Nc2nc3ccccc3n2Cc2ccc(F)cc2)CC1. The molecule has 3 aromatic carbocycles. The van der Waals surface area contributed by atoms with Gasteiger partial charge in [-0.2, -0.15) is 0 Å². The van der Waals surface area contributed by atoms with Crippen LogP contribution in [-0.2, 0) is 6.54 Å². The minimum atomic E-state index is -0.538. The van der Waals surface area contributed by atoms with Crippen LogP contribution in [0.2, 0.25) is 0 Å². The number of halogens is 1. The molecule has 1 atom stereocenters. The topological polar surface area (TPSA) is 62.6 Å². The molecule has 1 unspecified atom stereocenters. The zero-order chi connectivity index (χ0) is 24.0. The smallest absolute Gasteiger partial charge is 0.204 e. The van der Waals surface area contributed by atoms with Gasteiger partial charge >= 0.3 is 0 Å². The Bertz CT molecular complexity index is 1220. The summed E-state index contributed by atoms with van der Waals surface area (Å²) in [5.74, 6) is 1.35. The zero-order valence-electron chi connectivity index (χ0n) is 19.6. The molecule has 2 N–H and O–H groups in total. The molecule has 1 saturated heterocycles. The van der Waals surface area contributed by atoms with E-state index in [9.17, 15) is 9.50 Å². The Morgan fingerprint density at radius 2 is 1.80 bits per heavy atom. The van der Waals surface area contributed by atoms with Crippen molar-refractivity contribution in [3.63, 3.8) is 0 Å². The molecule has 0 spiro atoms. The maximum atomic E-state index is 13.4. The average molecular weight is 474 g/mol. The number of nitrogens with one attached hydrogen (secondary N) is 1. The van der Waals surface area contributed by atoms with Crippen molar-refractivity contribution in [3.05, 3.63) is 90.2 Å². The van der Waals surface area contributed by atoms with E-state index in [0.717, 1.165) is 54.2 Å². The molecule has 7 heteroatoms. The molecule has 1 fully saturated rings. The lowest BCUT2D eigenvalue weighted by Gasteiger charge is -2.33. The minimum absolute atomic E-state index is 0.232. The van der Waals surface area contributed by atoms with Crippen LogP contribution in [-0.4, -0.2) is 57.9 Å². The number of aliphatic hydroxyl groups excluding tert-OH is 1. The predicted octanol–water partition coefficient (Wildman–Crippen LogP) is 4.34. The first-order valence-electron chi connectivity index (χ1n) is 12.1. The summed E-state index contributed by atoms with van der Waals surface area (Å²) in [6.45, 7) is 3.28. The van der Waals surface area contributed by atoms with Crippen molar-refractivity contribution < 1.29 is 14.2 Å². The van der Waals surface area contributed by atoms with E-state index in [1.807, 2.05) is 42.5 Å². The van der Waals surface area contributed by atoms with E-state index in [1.165, 1.54) is 12.1 Å². The van der Waals surface area contributed by atoms with Gasteiger partial charge in [0.2, 0.25) is 5.95 Å². The molecule has 0 aliphatic carbocycles. The lowest BCUT2D eigenvalue weighted by molar-refractivity contribution is 0.0604. The van der Waals surface area contributed by atoms with Gasteiger partial charge in [0.05, 0.1) is 17.6 Å². The third-order valence-corrected chi connectivity index (χ3v) is 6.43. The quantitative estimate of drug-likeness (QED) is 0.379. The second-order valence-electron chi connectivity index (χ2n) is 9.06. The molecule has 1 aliphatic rings. The van der Waals surface area contributed by atoms with Gasteiger partial charge in [0.1, 0.15) is 24.3 Å². The maximum absolute atomic E-state index is 13.4. The highest BCUT2D eigenvalue weighted by Crippen LogP contribution is 2.24. The van der Waals surface area contributed by atoms with Crippen molar-refractivity contribution in [2.24, 2.45) is 0 Å². The van der Waals surface area contributed by atoms with Crippen molar-refractivity contribution in [1.29, 1.82) is 0 Å². The summed E-state index contributed by atoms with van der Waals surface area (Å²) in [7, 11) is 0. The van der Waals surface area contributed by atoms with Crippen molar-refractivity contribution in [2.45, 2.75) is 31.5 Å². The number of para-hydroxylation sites is 2. The van der Waals surface area contributed by atoms with Crippen LogP contribution < -0.4 is 10.1 Å². The van der Waals surface area contributed by atoms with Crippen LogP contribution >= 0.6 is 0 Å². The molecule has 5 rings (SSSR count). The standard InChI is InChI=1S/C28H30FN4O2/c29-22-12-10-21(11-13-22)18-33-27-9-5-4-8-26(27)31-28(33)30-23-14-16-32(17-15-23)19-24(34)20-35-25-6-2-1-3-7-25/h2-13,23-24,34H,14-20H2,(H,30,31). The van der Waals surface area contributed by atoms with Gasteiger partial charge in [0, 0.05) is 25.7 Å². The van der Waals surface area contributed by atoms with Gasteiger partial charge in [0.15, 0.2) is 0 Å². The van der Waals surface area contributed by atoms with E-state index >= 15 is 0 Å². The third kappa shape index (κ3) is 5.99. The number of likely N-dealkylation sites (tertiary alicyclic amines) is 1. The highest BCUT2D eigenvalue weighted by atomic mass is 19.1. The van der Waals surface area contributed by atoms with E-state index in [-0.39, 0.29) is 12.4 Å². The number of fused-ring (bicyclic) bond motifs is 1. The van der Waals surface area contributed by atoms with Crippen LogP contribution in [0.25, 0.3) is 11.0 Å². The molecule has 181 valence electrons. The number of aliphatic hydroxyl groups is 1. The van der Waals surface area contributed by atoms with Crippen molar-refractivity contribution >= 4 is 17.0 Å². The van der Waals surface area contributed by atoms with E-state index in [4.69, 9.17) is 9.72 Å². The fourth-order valence-electron chi connectivity index (χ4n) is 4.57. The maximum Gasteiger partial charge on any atom is 0.204 e. The van der Waals surface area contributed by atoms with Crippen LogP contribution in [0.1, 0.15) is 18.4 Å².